The third-order valence-corrected chi connectivity index (χ3v) is 4.13. The summed E-state index contributed by atoms with van der Waals surface area (Å²) in [6.45, 7) is 4.11. The number of hydrogen-bond donors (Lipinski definition) is 1. The Bertz CT molecular complexity index is 837. The number of halogens is 2. The van der Waals surface area contributed by atoms with E-state index in [1.165, 1.54) is 12.1 Å². The van der Waals surface area contributed by atoms with Gasteiger partial charge in [-0.25, -0.2) is 0 Å². The number of rotatable bonds is 6. The molecule has 0 unspecified atom stereocenters. The zero-order valence-corrected chi connectivity index (χ0v) is 16.1. The Kier molecular flexibility index (Phi) is 6.73. The summed E-state index contributed by atoms with van der Waals surface area (Å²) in [6, 6.07) is 10.3. The molecule has 2 rings (SSSR count). The van der Waals surface area contributed by atoms with Crippen LogP contribution in [0.15, 0.2) is 30.3 Å². The van der Waals surface area contributed by atoms with Gasteiger partial charge in [0.1, 0.15) is 17.9 Å². The fourth-order valence-electron chi connectivity index (χ4n) is 2.35. The highest BCUT2D eigenvalue weighted by atomic mass is 35.5. The van der Waals surface area contributed by atoms with Gasteiger partial charge >= 0.3 is 0 Å². The molecule has 7 heteroatoms. The molecule has 5 nitrogen and oxygen atoms in total. The van der Waals surface area contributed by atoms with E-state index in [2.05, 4.69) is 19.2 Å². The molecule has 1 N–H and O–H groups in total. The van der Waals surface area contributed by atoms with Crippen LogP contribution in [-0.2, 0) is 4.79 Å². The molecule has 0 spiro atoms. The summed E-state index contributed by atoms with van der Waals surface area (Å²) >= 11 is 12.5. The van der Waals surface area contributed by atoms with Crippen LogP contribution < -0.4 is 14.8 Å². The van der Waals surface area contributed by atoms with Crippen LogP contribution in [0.25, 0.3) is 0 Å². The van der Waals surface area contributed by atoms with Crippen LogP contribution in [-0.4, -0.2) is 13.0 Å². The Balaban J connectivity index is 2.29. The molecule has 0 aliphatic rings. The molecule has 136 valence electrons. The Morgan fingerprint density at radius 2 is 1.88 bits per heavy atom. The zero-order chi connectivity index (χ0) is 19.3. The molecule has 0 aromatic heterocycles. The highest BCUT2D eigenvalue weighted by Gasteiger charge is 2.14. The van der Waals surface area contributed by atoms with E-state index in [0.29, 0.717) is 11.4 Å². The SMILES string of the molecule is COc1ccc(Oc2c(Cl)cc(NC(=O)CC#N)cc2Cl)cc1C(C)C. The number of ether oxygens (including phenoxy) is 2. The first-order valence-corrected chi connectivity index (χ1v) is 8.63. The maximum Gasteiger partial charge on any atom is 0.238 e. The van der Waals surface area contributed by atoms with E-state index in [9.17, 15) is 4.79 Å². The van der Waals surface area contributed by atoms with Crippen LogP contribution in [0.5, 0.6) is 17.2 Å². The second kappa shape index (κ2) is 8.79. The maximum atomic E-state index is 11.5. The predicted octanol–water partition coefficient (Wildman–Crippen LogP) is 5.77. The van der Waals surface area contributed by atoms with Gasteiger partial charge in [-0.2, -0.15) is 5.26 Å². The molecular weight excluding hydrogens is 375 g/mol. The average molecular weight is 393 g/mol. The van der Waals surface area contributed by atoms with Gasteiger partial charge in [0.15, 0.2) is 5.75 Å². The molecule has 2 aromatic rings. The van der Waals surface area contributed by atoms with Crippen molar-refractivity contribution in [3.05, 3.63) is 45.9 Å². The summed E-state index contributed by atoms with van der Waals surface area (Å²) in [5.74, 6) is 1.44. The van der Waals surface area contributed by atoms with Crippen molar-refractivity contribution in [3.63, 3.8) is 0 Å². The second-order valence-electron chi connectivity index (χ2n) is 5.81. The Hall–Kier alpha value is -2.42. The molecule has 0 fully saturated rings. The first-order chi connectivity index (χ1) is 12.3. The molecule has 0 heterocycles. The minimum absolute atomic E-state index is 0.242. The number of methoxy groups -OCH3 is 1. The molecule has 0 radical (unpaired) electrons. The largest absolute Gasteiger partial charge is 0.496 e. The van der Waals surface area contributed by atoms with Crippen molar-refractivity contribution in [2.24, 2.45) is 0 Å². The number of nitrogens with one attached hydrogen (secondary N) is 1. The molecule has 0 aliphatic carbocycles. The van der Waals surface area contributed by atoms with Crippen LogP contribution in [0.4, 0.5) is 5.69 Å². The number of amides is 1. The average Bonchev–Trinajstić information content (AvgIpc) is 2.58. The molecule has 0 aliphatic heterocycles. The molecule has 2 aromatic carbocycles. The summed E-state index contributed by atoms with van der Waals surface area (Å²) < 4.78 is 11.2. The maximum absolute atomic E-state index is 11.5. The number of carbonyl (C=O) groups is 1. The van der Waals surface area contributed by atoms with Crippen LogP contribution in [0, 0.1) is 11.3 Å². The highest BCUT2D eigenvalue weighted by molar-refractivity contribution is 6.37. The van der Waals surface area contributed by atoms with Gasteiger partial charge in [-0.3, -0.25) is 4.79 Å². The topological polar surface area (TPSA) is 71.3 Å². The van der Waals surface area contributed by atoms with Gasteiger partial charge in [-0.05, 0) is 36.2 Å². The van der Waals surface area contributed by atoms with Gasteiger partial charge < -0.3 is 14.8 Å². The van der Waals surface area contributed by atoms with Crippen LogP contribution in [0.2, 0.25) is 10.0 Å². The summed E-state index contributed by atoms with van der Waals surface area (Å²) in [4.78, 5) is 11.5. The normalized spacial score (nSPS) is 10.3. The molecule has 26 heavy (non-hydrogen) atoms. The molecule has 0 saturated heterocycles. The van der Waals surface area contributed by atoms with Crippen LogP contribution in [0.1, 0.15) is 31.7 Å². The zero-order valence-electron chi connectivity index (χ0n) is 14.6. The van der Waals surface area contributed by atoms with Gasteiger partial charge in [0.05, 0.1) is 23.2 Å². The Morgan fingerprint density at radius 3 is 2.42 bits per heavy atom. The minimum atomic E-state index is -0.440. The lowest BCUT2D eigenvalue weighted by atomic mass is 10.0. The van der Waals surface area contributed by atoms with Gasteiger partial charge in [-0.15, -0.1) is 0 Å². The second-order valence-corrected chi connectivity index (χ2v) is 6.63. The number of anilines is 1. The fraction of sp³-hybridized carbons (Fsp3) is 0.263. The highest BCUT2D eigenvalue weighted by Crippen LogP contribution is 2.40. The summed E-state index contributed by atoms with van der Waals surface area (Å²) in [7, 11) is 1.62. The number of nitriles is 1. The Labute approximate surface area is 162 Å². The van der Waals surface area contributed by atoms with Crippen LogP contribution in [0.3, 0.4) is 0 Å². The van der Waals surface area contributed by atoms with E-state index in [4.69, 9.17) is 37.9 Å². The third kappa shape index (κ3) is 4.81. The minimum Gasteiger partial charge on any atom is -0.496 e. The quantitative estimate of drug-likeness (QED) is 0.676. The van der Waals surface area contributed by atoms with E-state index < -0.39 is 5.91 Å². The number of nitrogens with zero attached hydrogens (tertiary/aromatic N) is 1. The number of benzene rings is 2. The van der Waals surface area contributed by atoms with E-state index in [0.717, 1.165) is 11.3 Å². The van der Waals surface area contributed by atoms with Gasteiger partial charge in [0.25, 0.3) is 0 Å². The van der Waals surface area contributed by atoms with Crippen molar-refractivity contribution >= 4 is 34.8 Å². The van der Waals surface area contributed by atoms with E-state index in [1.807, 2.05) is 12.1 Å². The van der Waals surface area contributed by atoms with Crippen molar-refractivity contribution in [1.29, 1.82) is 5.26 Å². The molecule has 1 amide bonds. The summed E-state index contributed by atoms with van der Waals surface area (Å²) in [5, 5.41) is 11.6. The molecule has 0 atom stereocenters. The monoisotopic (exact) mass is 392 g/mol. The summed E-state index contributed by atoms with van der Waals surface area (Å²) in [6.07, 6.45) is -0.253. The van der Waals surface area contributed by atoms with E-state index in [-0.39, 0.29) is 28.1 Å². The molecule has 0 saturated carbocycles. The predicted molar refractivity (Wildman–Crippen MR) is 102 cm³/mol. The van der Waals surface area contributed by atoms with E-state index in [1.54, 1.807) is 19.2 Å². The lowest BCUT2D eigenvalue weighted by Gasteiger charge is -2.16. The smallest absolute Gasteiger partial charge is 0.238 e. The van der Waals surface area contributed by atoms with Crippen molar-refractivity contribution in [1.82, 2.24) is 0 Å². The molecular formula is C19H18Cl2N2O3. The molecule has 0 bridgehead atoms. The van der Waals surface area contributed by atoms with Gasteiger partial charge in [0.2, 0.25) is 5.91 Å². The van der Waals surface area contributed by atoms with Crippen molar-refractivity contribution in [2.75, 3.05) is 12.4 Å². The first kappa shape index (κ1) is 19.9. The van der Waals surface area contributed by atoms with Crippen molar-refractivity contribution < 1.29 is 14.3 Å². The number of carbonyl (C=O) groups excluding carboxylic acids is 1. The van der Waals surface area contributed by atoms with Gasteiger partial charge in [0, 0.05) is 11.3 Å². The lowest BCUT2D eigenvalue weighted by Crippen LogP contribution is -2.10. The third-order valence-electron chi connectivity index (χ3n) is 3.56. The first-order valence-electron chi connectivity index (χ1n) is 7.87. The van der Waals surface area contributed by atoms with Crippen molar-refractivity contribution in [3.8, 4) is 23.3 Å². The van der Waals surface area contributed by atoms with Crippen molar-refractivity contribution in [2.45, 2.75) is 26.2 Å². The number of hydrogen-bond acceptors (Lipinski definition) is 4. The lowest BCUT2D eigenvalue weighted by molar-refractivity contribution is -0.115. The summed E-state index contributed by atoms with van der Waals surface area (Å²) in [5.41, 5.74) is 1.39. The van der Waals surface area contributed by atoms with E-state index >= 15 is 0 Å². The van der Waals surface area contributed by atoms with Crippen LogP contribution >= 0.6 is 23.2 Å². The fourth-order valence-corrected chi connectivity index (χ4v) is 2.92. The Morgan fingerprint density at radius 1 is 1.23 bits per heavy atom. The van der Waals surface area contributed by atoms with Gasteiger partial charge in [-0.1, -0.05) is 37.0 Å². The standard InChI is InChI=1S/C19H18Cl2N2O3/c1-11(2)14-10-13(4-5-17(14)25-3)26-19-15(20)8-12(9-16(19)21)23-18(24)6-7-22/h4-5,8-11H,6H2,1-3H3,(H,23,24).